The van der Waals surface area contributed by atoms with Crippen LogP contribution in [0.5, 0.6) is 0 Å². The Balaban J connectivity index is 4.26. The monoisotopic (exact) mass is 472 g/mol. The lowest BCUT2D eigenvalue weighted by Gasteiger charge is -2.34. The summed E-state index contributed by atoms with van der Waals surface area (Å²) in [6.07, 6.45) is 15.2. The molecular weight excluding hydrogens is 420 g/mol. The van der Waals surface area contributed by atoms with Crippen LogP contribution in [0.1, 0.15) is 90.4 Å². The number of likely N-dealkylation sites (N-methyl/N-ethyl adjacent to an activating group) is 2. The molecule has 0 fully saturated rings. The van der Waals surface area contributed by atoms with E-state index in [1.54, 1.807) is 0 Å². The maximum atomic E-state index is 12.6. The van der Waals surface area contributed by atoms with Crippen molar-refractivity contribution in [2.45, 2.75) is 90.4 Å². The summed E-state index contributed by atoms with van der Waals surface area (Å²) in [5.41, 5.74) is 0. The number of hydroxylamine groups is 6. The number of amides is 2. The highest BCUT2D eigenvalue weighted by Crippen LogP contribution is 2.15. The number of hydrogen-bond acceptors (Lipinski definition) is 4. The smallest absolute Gasteiger partial charge is 0.232 e. The highest BCUT2D eigenvalue weighted by Gasteiger charge is 2.26. The zero-order valence-electron chi connectivity index (χ0n) is 22.1. The van der Waals surface area contributed by atoms with Gasteiger partial charge in [0.1, 0.15) is 5.92 Å². The van der Waals surface area contributed by atoms with Gasteiger partial charge >= 0.3 is 0 Å². The maximum absolute atomic E-state index is 12.6. The predicted octanol–water partition coefficient (Wildman–Crippen LogP) is 4.07. The topological polar surface area (TPSA) is 104 Å². The standard InChI is InChI=1S/C25H52N4O4/c1-6-7-8-9-10-11-12-13-14-15-16-17-18-23(24(30)26-19-21-28(2,3)32)25(31)27-20-22-29(4,5)33/h23H,6-22H2,1-5H3,(H,26,30)(H,27,31). The first kappa shape index (κ1) is 31.8. The zero-order chi connectivity index (χ0) is 25.2. The van der Waals surface area contributed by atoms with E-state index < -0.39 is 15.2 Å². The molecule has 2 amide bonds. The van der Waals surface area contributed by atoms with Crippen molar-refractivity contribution in [3.63, 3.8) is 0 Å². The Labute approximate surface area is 202 Å². The molecule has 0 heterocycles. The summed E-state index contributed by atoms with van der Waals surface area (Å²) in [4.78, 5) is 25.2. The van der Waals surface area contributed by atoms with Gasteiger partial charge in [0, 0.05) is 0 Å². The van der Waals surface area contributed by atoms with Crippen LogP contribution in [0.25, 0.3) is 0 Å². The Morgan fingerprint density at radius 1 is 0.636 bits per heavy atom. The molecule has 196 valence electrons. The highest BCUT2D eigenvalue weighted by molar-refractivity contribution is 6.00. The van der Waals surface area contributed by atoms with Crippen LogP contribution in [0.4, 0.5) is 0 Å². The minimum absolute atomic E-state index is 0.238. The van der Waals surface area contributed by atoms with E-state index in [0.717, 1.165) is 19.3 Å². The van der Waals surface area contributed by atoms with Crippen LogP contribution in [-0.2, 0) is 9.59 Å². The van der Waals surface area contributed by atoms with Crippen molar-refractivity contribution in [3.8, 4) is 0 Å². The highest BCUT2D eigenvalue weighted by atomic mass is 16.5. The third-order valence-corrected chi connectivity index (χ3v) is 5.88. The van der Waals surface area contributed by atoms with Crippen molar-refractivity contribution < 1.29 is 18.9 Å². The molecule has 0 rings (SSSR count). The SMILES string of the molecule is CCCCCCCCCCCCCCC(C(=O)NCC[N+](C)(C)[O-])C(=O)NCC[N+](C)(C)[O-]. The Kier molecular flexibility index (Phi) is 17.5. The van der Waals surface area contributed by atoms with Gasteiger partial charge in [-0.15, -0.1) is 0 Å². The first-order valence-corrected chi connectivity index (χ1v) is 13.1. The molecule has 0 spiro atoms. The van der Waals surface area contributed by atoms with Gasteiger partial charge in [0.25, 0.3) is 0 Å². The second kappa shape index (κ2) is 18.2. The van der Waals surface area contributed by atoms with Gasteiger partial charge < -0.3 is 30.3 Å². The summed E-state index contributed by atoms with van der Waals surface area (Å²) in [5, 5.41) is 28.9. The summed E-state index contributed by atoms with van der Waals surface area (Å²) in [6.45, 7) is 3.22. The fraction of sp³-hybridized carbons (Fsp3) is 0.920. The first-order valence-electron chi connectivity index (χ1n) is 13.1. The van der Waals surface area contributed by atoms with Gasteiger partial charge in [-0.3, -0.25) is 9.59 Å². The van der Waals surface area contributed by atoms with Crippen LogP contribution in [0, 0.1) is 16.3 Å². The second-order valence-electron chi connectivity index (χ2n) is 10.4. The molecular formula is C25H52N4O4. The number of rotatable bonds is 21. The molecule has 0 atom stereocenters. The van der Waals surface area contributed by atoms with Gasteiger partial charge in [0.2, 0.25) is 11.8 Å². The van der Waals surface area contributed by atoms with Gasteiger partial charge in [0.05, 0.1) is 54.4 Å². The molecule has 0 aliphatic rings. The molecule has 0 aliphatic heterocycles. The molecule has 0 saturated carbocycles. The normalized spacial score (nSPS) is 12.2. The van der Waals surface area contributed by atoms with Gasteiger partial charge in [-0.1, -0.05) is 84.0 Å². The minimum atomic E-state index is -0.780. The lowest BCUT2D eigenvalue weighted by atomic mass is 9.98. The van der Waals surface area contributed by atoms with E-state index in [1.807, 2.05) is 0 Å². The molecule has 0 bridgehead atoms. The Morgan fingerprint density at radius 2 is 0.970 bits per heavy atom. The van der Waals surface area contributed by atoms with Gasteiger partial charge in [-0.05, 0) is 6.42 Å². The maximum Gasteiger partial charge on any atom is 0.232 e. The predicted molar refractivity (Wildman–Crippen MR) is 136 cm³/mol. The van der Waals surface area contributed by atoms with Crippen molar-refractivity contribution in [2.75, 3.05) is 54.4 Å². The van der Waals surface area contributed by atoms with Crippen molar-refractivity contribution >= 4 is 11.8 Å². The van der Waals surface area contributed by atoms with Crippen LogP contribution in [0.15, 0.2) is 0 Å². The fourth-order valence-electron chi connectivity index (χ4n) is 3.71. The number of hydrogen-bond donors (Lipinski definition) is 2. The lowest BCUT2D eigenvalue weighted by molar-refractivity contribution is -0.838. The van der Waals surface area contributed by atoms with Crippen LogP contribution >= 0.6 is 0 Å². The Bertz CT molecular complexity index is 484. The first-order chi connectivity index (χ1) is 15.5. The second-order valence-corrected chi connectivity index (χ2v) is 10.4. The van der Waals surface area contributed by atoms with Crippen LogP contribution in [0.3, 0.4) is 0 Å². The van der Waals surface area contributed by atoms with Gasteiger partial charge in [-0.2, -0.15) is 0 Å². The number of carbonyl (C=O) groups excluding carboxylic acids is 2. The molecule has 8 heteroatoms. The molecule has 0 saturated heterocycles. The Morgan fingerprint density at radius 3 is 1.30 bits per heavy atom. The van der Waals surface area contributed by atoms with E-state index in [1.165, 1.54) is 86.0 Å². The molecule has 0 aromatic rings. The van der Waals surface area contributed by atoms with Gasteiger partial charge in [-0.25, -0.2) is 0 Å². The van der Waals surface area contributed by atoms with Crippen molar-refractivity contribution in [1.82, 2.24) is 10.6 Å². The summed E-state index contributed by atoms with van der Waals surface area (Å²) < 4.78 is -0.987. The van der Waals surface area contributed by atoms with E-state index in [4.69, 9.17) is 0 Å². The summed E-state index contributed by atoms with van der Waals surface area (Å²) in [6, 6.07) is 0. The van der Waals surface area contributed by atoms with Crippen molar-refractivity contribution in [3.05, 3.63) is 10.4 Å². The van der Waals surface area contributed by atoms with Crippen molar-refractivity contribution in [1.29, 1.82) is 0 Å². The molecule has 0 aliphatic carbocycles. The minimum Gasteiger partial charge on any atom is -0.633 e. The molecule has 0 aromatic carbocycles. The van der Waals surface area contributed by atoms with Crippen molar-refractivity contribution in [2.24, 2.45) is 5.92 Å². The van der Waals surface area contributed by atoms with E-state index in [2.05, 4.69) is 17.6 Å². The average Bonchev–Trinajstić information content (AvgIpc) is 2.69. The van der Waals surface area contributed by atoms with E-state index in [-0.39, 0.29) is 38.0 Å². The number of nitrogens with zero attached hydrogens (tertiary/aromatic N) is 2. The number of quaternary nitrogens is 2. The molecule has 0 radical (unpaired) electrons. The fourth-order valence-corrected chi connectivity index (χ4v) is 3.71. The molecule has 0 unspecified atom stereocenters. The van der Waals surface area contributed by atoms with E-state index >= 15 is 0 Å². The van der Waals surface area contributed by atoms with Crippen LogP contribution in [-0.4, -0.2) is 75.5 Å². The number of unbranched alkanes of at least 4 members (excludes halogenated alkanes) is 11. The summed E-state index contributed by atoms with van der Waals surface area (Å²) >= 11 is 0. The van der Waals surface area contributed by atoms with E-state index in [9.17, 15) is 20.0 Å². The molecule has 2 N–H and O–H groups in total. The van der Waals surface area contributed by atoms with Gasteiger partial charge in [0.15, 0.2) is 0 Å². The molecule has 0 aromatic heterocycles. The molecule has 33 heavy (non-hydrogen) atoms. The molecule has 8 nitrogen and oxygen atoms in total. The van der Waals surface area contributed by atoms with Crippen LogP contribution < -0.4 is 10.6 Å². The largest absolute Gasteiger partial charge is 0.633 e. The zero-order valence-corrected chi connectivity index (χ0v) is 22.1. The lowest BCUT2D eigenvalue weighted by Crippen LogP contribution is -2.47. The third kappa shape index (κ3) is 21.1. The number of carbonyl (C=O) groups is 2. The summed E-state index contributed by atoms with van der Waals surface area (Å²) in [5.74, 6) is -1.45. The van der Waals surface area contributed by atoms with Crippen LogP contribution in [0.2, 0.25) is 0 Å². The summed E-state index contributed by atoms with van der Waals surface area (Å²) in [7, 11) is 6.08. The average molecular weight is 473 g/mol. The van der Waals surface area contributed by atoms with E-state index in [0.29, 0.717) is 6.42 Å². The Hall–Kier alpha value is -1.22. The quantitative estimate of drug-likeness (QED) is 0.114. The third-order valence-electron chi connectivity index (χ3n) is 5.88. The number of nitrogens with one attached hydrogen (secondary N) is 2.